The summed E-state index contributed by atoms with van der Waals surface area (Å²) in [5.74, 6) is 0.0663. The number of piperidine rings is 2. The van der Waals surface area contributed by atoms with Crippen molar-refractivity contribution in [3.05, 3.63) is 42.0 Å². The van der Waals surface area contributed by atoms with Crippen molar-refractivity contribution in [2.75, 3.05) is 32.8 Å². The predicted molar refractivity (Wildman–Crippen MR) is 126 cm³/mol. The number of imide groups is 1. The lowest BCUT2D eigenvalue weighted by atomic mass is 9.75. The van der Waals surface area contributed by atoms with Gasteiger partial charge in [-0.15, -0.1) is 0 Å². The van der Waals surface area contributed by atoms with Gasteiger partial charge in [0, 0.05) is 45.4 Å². The van der Waals surface area contributed by atoms with Gasteiger partial charge in [-0.2, -0.15) is 0 Å². The van der Waals surface area contributed by atoms with E-state index >= 15 is 0 Å². The monoisotopic (exact) mass is 467 g/mol. The summed E-state index contributed by atoms with van der Waals surface area (Å²) in [6.07, 6.45) is 8.96. The van der Waals surface area contributed by atoms with Crippen molar-refractivity contribution in [1.29, 1.82) is 0 Å². The molecule has 182 valence electrons. The van der Waals surface area contributed by atoms with Gasteiger partial charge < -0.3 is 15.0 Å². The molecular weight excluding hydrogens is 434 g/mol. The molecule has 2 saturated heterocycles. The van der Waals surface area contributed by atoms with Gasteiger partial charge in [-0.3, -0.25) is 24.1 Å². The highest BCUT2D eigenvalue weighted by Gasteiger charge is 2.36. The molecular formula is C26H33N3O5. The first-order valence-electron chi connectivity index (χ1n) is 12.2. The first kappa shape index (κ1) is 24.0. The molecule has 0 aliphatic carbocycles. The van der Waals surface area contributed by atoms with Crippen LogP contribution in [-0.2, 0) is 14.4 Å². The lowest BCUT2D eigenvalue weighted by molar-refractivity contribution is -0.148. The molecule has 1 spiro atoms. The SMILES string of the molecule is O=C1NCC2(C/C=C/CCOc3ccccc31)CCN(C(=O)CCN1C(=O)CCCC1=O)CC2. The van der Waals surface area contributed by atoms with Crippen LogP contribution in [-0.4, -0.2) is 66.2 Å². The second kappa shape index (κ2) is 10.8. The van der Waals surface area contributed by atoms with Crippen LogP contribution in [0, 0.1) is 5.41 Å². The van der Waals surface area contributed by atoms with Gasteiger partial charge in [-0.25, -0.2) is 0 Å². The minimum atomic E-state index is -0.177. The Morgan fingerprint density at radius 1 is 1.03 bits per heavy atom. The van der Waals surface area contributed by atoms with E-state index in [1.807, 2.05) is 23.1 Å². The number of allylic oxidation sites excluding steroid dienone is 1. The van der Waals surface area contributed by atoms with E-state index in [9.17, 15) is 19.2 Å². The van der Waals surface area contributed by atoms with Gasteiger partial charge >= 0.3 is 0 Å². The molecule has 0 saturated carbocycles. The number of amides is 4. The number of rotatable bonds is 3. The lowest BCUT2D eigenvalue weighted by Gasteiger charge is -2.42. The van der Waals surface area contributed by atoms with E-state index in [1.54, 1.807) is 6.07 Å². The number of para-hydroxylation sites is 1. The molecule has 4 amide bonds. The fraction of sp³-hybridized carbons (Fsp3) is 0.538. The van der Waals surface area contributed by atoms with Crippen molar-refractivity contribution in [3.63, 3.8) is 0 Å². The number of carbonyl (C=O) groups is 4. The van der Waals surface area contributed by atoms with E-state index < -0.39 is 0 Å². The van der Waals surface area contributed by atoms with Crippen LogP contribution in [0.2, 0.25) is 0 Å². The van der Waals surface area contributed by atoms with E-state index in [1.165, 1.54) is 4.90 Å². The summed E-state index contributed by atoms with van der Waals surface area (Å²) >= 11 is 0. The first-order valence-corrected chi connectivity index (χ1v) is 12.2. The largest absolute Gasteiger partial charge is 0.492 e. The van der Waals surface area contributed by atoms with Crippen LogP contribution < -0.4 is 10.1 Å². The minimum Gasteiger partial charge on any atom is -0.492 e. The molecule has 0 atom stereocenters. The molecule has 0 unspecified atom stereocenters. The maximum absolute atomic E-state index is 12.9. The van der Waals surface area contributed by atoms with Crippen molar-refractivity contribution in [2.24, 2.45) is 5.41 Å². The summed E-state index contributed by atoms with van der Waals surface area (Å²) in [5.41, 5.74) is 0.424. The van der Waals surface area contributed by atoms with E-state index in [0.717, 1.165) is 25.7 Å². The molecule has 0 radical (unpaired) electrons. The summed E-state index contributed by atoms with van der Waals surface area (Å²) < 4.78 is 5.79. The second-order valence-electron chi connectivity index (χ2n) is 9.41. The number of likely N-dealkylation sites (tertiary alicyclic amines) is 2. The summed E-state index contributed by atoms with van der Waals surface area (Å²) in [4.78, 5) is 52.7. The summed E-state index contributed by atoms with van der Waals surface area (Å²) in [5, 5.41) is 3.10. The average molecular weight is 468 g/mol. The molecule has 1 aromatic rings. The highest BCUT2D eigenvalue weighted by atomic mass is 16.5. The zero-order valence-corrected chi connectivity index (χ0v) is 19.6. The molecule has 34 heavy (non-hydrogen) atoms. The number of fused-ring (bicyclic) bond motifs is 1. The Labute approximate surface area is 200 Å². The average Bonchev–Trinajstić information content (AvgIpc) is 2.84. The molecule has 1 aromatic carbocycles. The molecule has 3 aliphatic heterocycles. The van der Waals surface area contributed by atoms with E-state index in [2.05, 4.69) is 17.5 Å². The zero-order chi connectivity index (χ0) is 24.0. The minimum absolute atomic E-state index is 0.0279. The third-order valence-electron chi connectivity index (χ3n) is 7.12. The van der Waals surface area contributed by atoms with Crippen LogP contribution in [0.25, 0.3) is 0 Å². The highest BCUT2D eigenvalue weighted by molar-refractivity contribution is 5.98. The van der Waals surface area contributed by atoms with Gasteiger partial charge in [-0.1, -0.05) is 24.3 Å². The summed E-state index contributed by atoms with van der Waals surface area (Å²) in [7, 11) is 0. The number of nitrogens with zero attached hydrogens (tertiary/aromatic N) is 2. The van der Waals surface area contributed by atoms with Gasteiger partial charge in [-0.05, 0) is 49.7 Å². The maximum atomic E-state index is 12.9. The Balaban J connectivity index is 1.35. The van der Waals surface area contributed by atoms with Crippen LogP contribution in [0.4, 0.5) is 0 Å². The van der Waals surface area contributed by atoms with E-state index in [-0.39, 0.29) is 42.0 Å². The number of ether oxygens (including phenoxy) is 1. The third kappa shape index (κ3) is 5.66. The molecule has 0 aromatic heterocycles. The Morgan fingerprint density at radius 2 is 1.76 bits per heavy atom. The molecule has 8 heteroatoms. The molecule has 3 aliphatic rings. The Hall–Kier alpha value is -3.16. The zero-order valence-electron chi connectivity index (χ0n) is 19.6. The van der Waals surface area contributed by atoms with E-state index in [0.29, 0.717) is 56.8 Å². The number of hydrogen-bond donors (Lipinski definition) is 1. The van der Waals surface area contributed by atoms with Crippen LogP contribution in [0.15, 0.2) is 36.4 Å². The van der Waals surface area contributed by atoms with Gasteiger partial charge in [0.1, 0.15) is 5.75 Å². The Morgan fingerprint density at radius 3 is 2.53 bits per heavy atom. The first-order chi connectivity index (χ1) is 16.5. The summed E-state index contributed by atoms with van der Waals surface area (Å²) in [6.45, 7) is 2.41. The number of carbonyl (C=O) groups excluding carboxylic acids is 4. The van der Waals surface area contributed by atoms with Crippen molar-refractivity contribution >= 4 is 23.6 Å². The second-order valence-corrected chi connectivity index (χ2v) is 9.41. The molecule has 8 nitrogen and oxygen atoms in total. The number of benzene rings is 1. The Bertz CT molecular complexity index is 949. The van der Waals surface area contributed by atoms with Crippen LogP contribution in [0.5, 0.6) is 5.75 Å². The Kier molecular flexibility index (Phi) is 7.65. The fourth-order valence-electron chi connectivity index (χ4n) is 4.93. The predicted octanol–water partition coefficient (Wildman–Crippen LogP) is 2.68. The van der Waals surface area contributed by atoms with Gasteiger partial charge in [0.15, 0.2) is 0 Å². The summed E-state index contributed by atoms with van der Waals surface area (Å²) in [6, 6.07) is 7.28. The quantitative estimate of drug-likeness (QED) is 0.545. The highest BCUT2D eigenvalue weighted by Crippen LogP contribution is 2.36. The van der Waals surface area contributed by atoms with Crippen LogP contribution >= 0.6 is 0 Å². The van der Waals surface area contributed by atoms with E-state index in [4.69, 9.17) is 4.74 Å². The molecule has 4 rings (SSSR count). The van der Waals surface area contributed by atoms with Crippen LogP contribution in [0.3, 0.4) is 0 Å². The van der Waals surface area contributed by atoms with Crippen molar-refractivity contribution in [2.45, 2.75) is 51.4 Å². The molecule has 3 heterocycles. The standard InChI is InChI=1S/C26H33N3O5/c30-22(11-15-29-23(31)9-6-10-24(29)32)28-16-13-26(14-17-28)12-4-1-5-18-34-21-8-3-2-7-20(21)25(33)27-19-26/h1-4,7-8H,5-6,9-19H2,(H,27,33)/b4-1+. The van der Waals surface area contributed by atoms with Gasteiger partial charge in [0.2, 0.25) is 17.7 Å². The van der Waals surface area contributed by atoms with Crippen molar-refractivity contribution in [1.82, 2.24) is 15.1 Å². The number of hydrogen-bond acceptors (Lipinski definition) is 5. The number of nitrogens with one attached hydrogen (secondary N) is 1. The normalized spacial score (nSPS) is 22.2. The van der Waals surface area contributed by atoms with Gasteiger partial charge in [0.05, 0.1) is 12.2 Å². The lowest BCUT2D eigenvalue weighted by Crippen LogP contribution is -2.49. The van der Waals surface area contributed by atoms with Crippen molar-refractivity contribution < 1.29 is 23.9 Å². The third-order valence-corrected chi connectivity index (χ3v) is 7.12. The molecule has 2 fully saturated rings. The van der Waals surface area contributed by atoms with Crippen LogP contribution in [0.1, 0.15) is 61.7 Å². The van der Waals surface area contributed by atoms with Gasteiger partial charge in [0.25, 0.3) is 5.91 Å². The topological polar surface area (TPSA) is 96.0 Å². The fourth-order valence-corrected chi connectivity index (χ4v) is 4.93. The molecule has 0 bridgehead atoms. The smallest absolute Gasteiger partial charge is 0.255 e. The molecule has 1 N–H and O–H groups in total. The van der Waals surface area contributed by atoms with Crippen molar-refractivity contribution in [3.8, 4) is 5.75 Å². The maximum Gasteiger partial charge on any atom is 0.255 e.